The highest BCUT2D eigenvalue weighted by molar-refractivity contribution is 5.13. The number of unbranched alkanes of at least 4 members (excludes halogenated alkanes) is 15. The summed E-state index contributed by atoms with van der Waals surface area (Å²) in [5.41, 5.74) is 1.46. The van der Waals surface area contributed by atoms with Crippen LogP contribution in [-0.2, 0) is 6.54 Å². The number of quaternary nitrogens is 1. The third kappa shape index (κ3) is 18.2. The normalized spacial score (nSPS) is 11.4. The molecule has 1 aromatic rings. The summed E-state index contributed by atoms with van der Waals surface area (Å²) >= 11 is 0. The number of benzene rings is 1. The molecule has 1 rings (SSSR count). The number of halogens is 1. The molecule has 29 heavy (non-hydrogen) atoms. The van der Waals surface area contributed by atoms with Crippen LogP contribution >= 0.6 is 0 Å². The van der Waals surface area contributed by atoms with Gasteiger partial charge in [0.1, 0.15) is 6.54 Å². The summed E-state index contributed by atoms with van der Waals surface area (Å²) < 4.78 is 1.11. The van der Waals surface area contributed by atoms with Crippen LogP contribution in [0.5, 0.6) is 0 Å². The van der Waals surface area contributed by atoms with Crippen molar-refractivity contribution in [1.82, 2.24) is 0 Å². The lowest BCUT2D eigenvalue weighted by atomic mass is 10.0. The summed E-state index contributed by atoms with van der Waals surface area (Å²) in [6.07, 6.45) is 23.2. The SMILES string of the molecule is CCCCCCCCCCCCCCCCCC[N+](C)(C)Cc1ccccc1.[Br-]. The van der Waals surface area contributed by atoms with Crippen LogP contribution < -0.4 is 17.0 Å². The van der Waals surface area contributed by atoms with Crippen LogP contribution in [0.15, 0.2) is 30.3 Å². The second-order valence-electron chi connectivity index (χ2n) is 9.61. The zero-order chi connectivity index (χ0) is 20.3. The Morgan fingerprint density at radius 2 is 0.931 bits per heavy atom. The Hall–Kier alpha value is -0.340. The van der Waals surface area contributed by atoms with Crippen LogP contribution in [0.4, 0.5) is 0 Å². The Morgan fingerprint density at radius 1 is 0.552 bits per heavy atom. The largest absolute Gasteiger partial charge is 1.00 e. The highest BCUT2D eigenvalue weighted by Crippen LogP contribution is 2.15. The van der Waals surface area contributed by atoms with E-state index in [2.05, 4.69) is 51.4 Å². The number of nitrogens with zero attached hydrogens (tertiary/aromatic N) is 1. The zero-order valence-electron chi connectivity index (χ0n) is 19.9. The molecule has 0 saturated heterocycles. The summed E-state index contributed by atoms with van der Waals surface area (Å²) in [7, 11) is 4.75. The second-order valence-corrected chi connectivity index (χ2v) is 9.61. The highest BCUT2D eigenvalue weighted by Gasteiger charge is 2.14. The van der Waals surface area contributed by atoms with Crippen molar-refractivity contribution >= 4 is 0 Å². The molecule has 0 unspecified atom stereocenters. The van der Waals surface area contributed by atoms with Gasteiger partial charge in [-0.1, -0.05) is 127 Å². The van der Waals surface area contributed by atoms with Gasteiger partial charge in [-0.05, 0) is 12.8 Å². The Balaban J connectivity index is 0.00000784. The lowest BCUT2D eigenvalue weighted by Gasteiger charge is -2.30. The van der Waals surface area contributed by atoms with E-state index in [1.807, 2.05) is 0 Å². The highest BCUT2D eigenvalue weighted by atomic mass is 79.9. The maximum absolute atomic E-state index is 2.37. The predicted molar refractivity (Wildman–Crippen MR) is 127 cm³/mol. The topological polar surface area (TPSA) is 0 Å². The van der Waals surface area contributed by atoms with Crippen molar-refractivity contribution in [3.05, 3.63) is 35.9 Å². The number of hydrogen-bond donors (Lipinski definition) is 0. The van der Waals surface area contributed by atoms with Gasteiger partial charge in [-0.25, -0.2) is 0 Å². The van der Waals surface area contributed by atoms with Crippen molar-refractivity contribution < 1.29 is 21.5 Å². The maximum atomic E-state index is 2.37. The first-order valence-corrected chi connectivity index (χ1v) is 12.5. The average molecular weight is 469 g/mol. The second kappa shape index (κ2) is 19.6. The third-order valence-corrected chi connectivity index (χ3v) is 6.07. The van der Waals surface area contributed by atoms with Gasteiger partial charge in [-0.3, -0.25) is 0 Å². The molecule has 0 bridgehead atoms. The average Bonchev–Trinajstić information content (AvgIpc) is 2.68. The molecule has 0 saturated carbocycles. The van der Waals surface area contributed by atoms with Crippen molar-refractivity contribution in [1.29, 1.82) is 0 Å². The summed E-state index contributed by atoms with van der Waals surface area (Å²) in [4.78, 5) is 0. The van der Waals surface area contributed by atoms with Gasteiger partial charge in [0.05, 0.1) is 20.6 Å². The molecule has 0 spiro atoms. The first kappa shape index (κ1) is 28.7. The molecule has 0 radical (unpaired) electrons. The standard InChI is InChI=1S/C27H50N.BrH/c1-4-5-6-7-8-9-10-11-12-13-14-15-16-17-18-22-25-28(2,3)26-27-23-20-19-21-24-27;/h19-21,23-24H,4-18,22,25-26H2,1-3H3;1H/q+1;/p-1. The van der Waals surface area contributed by atoms with E-state index in [1.54, 1.807) is 0 Å². The van der Waals surface area contributed by atoms with Crippen molar-refractivity contribution in [3.8, 4) is 0 Å². The Kier molecular flexibility index (Phi) is 19.4. The van der Waals surface area contributed by atoms with Gasteiger partial charge in [0.15, 0.2) is 0 Å². The van der Waals surface area contributed by atoms with Crippen molar-refractivity contribution in [2.45, 2.75) is 116 Å². The third-order valence-electron chi connectivity index (χ3n) is 6.07. The number of rotatable bonds is 19. The molecule has 0 fully saturated rings. The fourth-order valence-corrected chi connectivity index (χ4v) is 4.24. The molecule has 0 atom stereocenters. The smallest absolute Gasteiger partial charge is 0.104 e. The predicted octanol–water partition coefficient (Wildman–Crippen LogP) is 5.53. The maximum Gasteiger partial charge on any atom is 0.104 e. The first-order chi connectivity index (χ1) is 13.6. The van der Waals surface area contributed by atoms with E-state index in [1.165, 1.54) is 115 Å². The molecule has 0 amide bonds. The van der Waals surface area contributed by atoms with E-state index in [-0.39, 0.29) is 17.0 Å². The molecule has 170 valence electrons. The van der Waals surface area contributed by atoms with Crippen LogP contribution in [-0.4, -0.2) is 25.1 Å². The molecule has 0 aromatic heterocycles. The van der Waals surface area contributed by atoms with Crippen LogP contribution in [0.2, 0.25) is 0 Å². The van der Waals surface area contributed by atoms with E-state index in [4.69, 9.17) is 0 Å². The molecular formula is C27H50BrN. The summed E-state index contributed by atoms with van der Waals surface area (Å²) in [6.45, 7) is 4.75. The van der Waals surface area contributed by atoms with Crippen LogP contribution in [0.1, 0.15) is 115 Å². The van der Waals surface area contributed by atoms with Gasteiger partial charge in [0.2, 0.25) is 0 Å². The molecule has 0 aliphatic rings. The Morgan fingerprint density at radius 3 is 1.34 bits per heavy atom. The van der Waals surface area contributed by atoms with Gasteiger partial charge in [-0.15, -0.1) is 0 Å². The van der Waals surface area contributed by atoms with Crippen molar-refractivity contribution in [3.63, 3.8) is 0 Å². The van der Waals surface area contributed by atoms with Crippen LogP contribution in [0.3, 0.4) is 0 Å². The molecule has 0 N–H and O–H groups in total. The van der Waals surface area contributed by atoms with Gasteiger partial charge in [-0.2, -0.15) is 0 Å². The molecule has 0 aliphatic carbocycles. The lowest BCUT2D eigenvalue weighted by Crippen LogP contribution is -3.00. The zero-order valence-corrected chi connectivity index (χ0v) is 21.5. The van der Waals surface area contributed by atoms with Crippen LogP contribution in [0.25, 0.3) is 0 Å². The summed E-state index contributed by atoms with van der Waals surface area (Å²) in [5.74, 6) is 0. The van der Waals surface area contributed by atoms with E-state index in [0.717, 1.165) is 11.0 Å². The molecule has 1 nitrogen and oxygen atoms in total. The minimum Gasteiger partial charge on any atom is -1.00 e. The summed E-state index contributed by atoms with van der Waals surface area (Å²) in [6, 6.07) is 10.9. The van der Waals surface area contributed by atoms with E-state index < -0.39 is 0 Å². The van der Waals surface area contributed by atoms with Crippen LogP contribution in [0, 0.1) is 0 Å². The number of hydrogen-bond acceptors (Lipinski definition) is 0. The minimum absolute atomic E-state index is 0. The lowest BCUT2D eigenvalue weighted by molar-refractivity contribution is -0.903. The molecule has 1 aromatic carbocycles. The minimum atomic E-state index is 0. The first-order valence-electron chi connectivity index (χ1n) is 12.5. The Labute approximate surface area is 194 Å². The van der Waals surface area contributed by atoms with Crippen molar-refractivity contribution in [2.24, 2.45) is 0 Å². The molecular weight excluding hydrogens is 418 g/mol. The van der Waals surface area contributed by atoms with Gasteiger partial charge in [0, 0.05) is 5.56 Å². The van der Waals surface area contributed by atoms with E-state index in [9.17, 15) is 0 Å². The molecule has 2 heteroatoms. The molecule has 0 heterocycles. The van der Waals surface area contributed by atoms with Crippen molar-refractivity contribution in [2.75, 3.05) is 20.6 Å². The molecule has 0 aliphatic heterocycles. The Bertz CT molecular complexity index is 443. The van der Waals surface area contributed by atoms with E-state index >= 15 is 0 Å². The summed E-state index contributed by atoms with van der Waals surface area (Å²) in [5, 5.41) is 0. The quantitative estimate of drug-likeness (QED) is 0.185. The van der Waals surface area contributed by atoms with Gasteiger partial charge < -0.3 is 21.5 Å². The van der Waals surface area contributed by atoms with Gasteiger partial charge >= 0.3 is 0 Å². The fraction of sp³-hybridized carbons (Fsp3) is 0.778. The monoisotopic (exact) mass is 467 g/mol. The van der Waals surface area contributed by atoms with Gasteiger partial charge in [0.25, 0.3) is 0 Å². The fourth-order valence-electron chi connectivity index (χ4n) is 4.24. The van der Waals surface area contributed by atoms with E-state index in [0.29, 0.717) is 0 Å².